The van der Waals surface area contributed by atoms with Gasteiger partial charge in [-0.15, -0.1) is 0 Å². The minimum absolute atomic E-state index is 0. The van der Waals surface area contributed by atoms with Crippen molar-refractivity contribution >= 4 is 16.1 Å². The van der Waals surface area contributed by atoms with Gasteiger partial charge >= 0.3 is 35.5 Å². The molecule has 0 heterocycles. The second-order valence-corrected chi connectivity index (χ2v) is 5.13. The summed E-state index contributed by atoms with van der Waals surface area (Å²) in [5, 5.41) is 0. The molecule has 100 valence electrons. The molecule has 0 radical (unpaired) electrons. The molecule has 2 rings (SSSR count). The number of ether oxygens (including phenoxy) is 1. The van der Waals surface area contributed by atoms with Crippen molar-refractivity contribution < 1.29 is 53.5 Å². The molecule has 2 aromatic rings. The van der Waals surface area contributed by atoms with Gasteiger partial charge in [0.2, 0.25) is 0 Å². The molecule has 0 saturated carbocycles. The van der Waals surface area contributed by atoms with Gasteiger partial charge in [0.25, 0.3) is 10.1 Å². The second-order valence-electron chi connectivity index (χ2n) is 3.71. The van der Waals surface area contributed by atoms with Crippen LogP contribution in [0.4, 0.5) is 0 Å². The average molecular weight is 302 g/mol. The maximum atomic E-state index is 11.8. The molecule has 7 heteroatoms. The van der Waals surface area contributed by atoms with Crippen LogP contribution >= 0.6 is 0 Å². The summed E-state index contributed by atoms with van der Waals surface area (Å²) in [6.07, 6.45) is 0. The largest absolute Gasteiger partial charge is 1.00 e. The molecule has 0 aliphatic rings. The van der Waals surface area contributed by atoms with Crippen molar-refractivity contribution in [3.63, 3.8) is 0 Å². The zero-order chi connectivity index (χ0) is 13.9. The second kappa shape index (κ2) is 7.01. The minimum atomic E-state index is -4.34. The van der Waals surface area contributed by atoms with Crippen LogP contribution in [0.5, 0.6) is 5.75 Å². The Morgan fingerprint density at radius 3 is 2.30 bits per heavy atom. The summed E-state index contributed by atoms with van der Waals surface area (Å²) in [6, 6.07) is 13.4. The standard InChI is InChI=1S/C13H10O5S.Na.H/c14-13(18-11-6-2-1-3-7-11)10-5-4-8-12(9-10)19(15,16)17;;/h1-9H,(H,15,16,17);;/q;+1;-1. The monoisotopic (exact) mass is 302 g/mol. The predicted octanol–water partition coefficient (Wildman–Crippen LogP) is -0.731. The van der Waals surface area contributed by atoms with Gasteiger partial charge in [0.1, 0.15) is 5.75 Å². The third kappa shape index (κ3) is 4.43. The molecule has 0 amide bonds. The van der Waals surface area contributed by atoms with Gasteiger partial charge in [0, 0.05) is 0 Å². The predicted molar refractivity (Wildman–Crippen MR) is 68.8 cm³/mol. The molecule has 0 fully saturated rings. The van der Waals surface area contributed by atoms with Gasteiger partial charge in [-0.05, 0) is 30.3 Å². The van der Waals surface area contributed by atoms with E-state index in [9.17, 15) is 13.2 Å². The molecule has 0 aliphatic carbocycles. The van der Waals surface area contributed by atoms with Crippen LogP contribution in [0.2, 0.25) is 0 Å². The fourth-order valence-electron chi connectivity index (χ4n) is 1.44. The first kappa shape index (κ1) is 16.9. The first-order chi connectivity index (χ1) is 8.97. The van der Waals surface area contributed by atoms with Gasteiger partial charge in [0.15, 0.2) is 0 Å². The summed E-state index contributed by atoms with van der Waals surface area (Å²) in [6.45, 7) is 0. The summed E-state index contributed by atoms with van der Waals surface area (Å²) >= 11 is 0. The molecule has 0 bridgehead atoms. The number of esters is 1. The van der Waals surface area contributed by atoms with Crippen LogP contribution in [-0.2, 0) is 10.1 Å². The van der Waals surface area contributed by atoms with E-state index in [4.69, 9.17) is 9.29 Å². The van der Waals surface area contributed by atoms with Crippen molar-refractivity contribution in [1.29, 1.82) is 0 Å². The average Bonchev–Trinajstić information content (AvgIpc) is 2.39. The van der Waals surface area contributed by atoms with Crippen LogP contribution in [0.1, 0.15) is 11.8 Å². The van der Waals surface area contributed by atoms with E-state index in [2.05, 4.69) is 0 Å². The van der Waals surface area contributed by atoms with Crippen LogP contribution in [0.15, 0.2) is 59.5 Å². The van der Waals surface area contributed by atoms with Crippen molar-refractivity contribution in [3.05, 3.63) is 60.2 Å². The third-order valence-corrected chi connectivity index (χ3v) is 3.17. The SMILES string of the molecule is O=C(Oc1ccccc1)c1cccc(S(=O)(=O)O)c1.[H-].[Na+]. The molecule has 0 atom stereocenters. The fraction of sp³-hybridized carbons (Fsp3) is 0. The van der Waals surface area contributed by atoms with Gasteiger partial charge in [-0.1, -0.05) is 24.3 Å². The zero-order valence-corrected chi connectivity index (χ0v) is 13.5. The van der Waals surface area contributed by atoms with E-state index in [-0.39, 0.29) is 41.4 Å². The number of rotatable bonds is 3. The molecule has 0 spiro atoms. The smallest absolute Gasteiger partial charge is 1.00 e. The van der Waals surface area contributed by atoms with E-state index >= 15 is 0 Å². The van der Waals surface area contributed by atoms with Crippen molar-refractivity contribution in [2.24, 2.45) is 0 Å². The Labute approximate surface area is 140 Å². The van der Waals surface area contributed by atoms with E-state index in [1.165, 1.54) is 18.2 Å². The number of benzene rings is 2. The Balaban J connectivity index is 0.00000200. The summed E-state index contributed by atoms with van der Waals surface area (Å²) < 4.78 is 35.9. The number of carbonyl (C=O) groups excluding carboxylic acids is 1. The summed E-state index contributed by atoms with van der Waals surface area (Å²) in [5.41, 5.74) is 0.0407. The van der Waals surface area contributed by atoms with Gasteiger partial charge in [-0.3, -0.25) is 4.55 Å². The van der Waals surface area contributed by atoms with Crippen molar-refractivity contribution in [1.82, 2.24) is 0 Å². The first-order valence-corrected chi connectivity index (χ1v) is 6.75. The van der Waals surface area contributed by atoms with Gasteiger partial charge in [-0.2, -0.15) is 8.42 Å². The van der Waals surface area contributed by atoms with E-state index in [0.717, 1.165) is 6.07 Å². The molecule has 20 heavy (non-hydrogen) atoms. The molecule has 0 saturated heterocycles. The summed E-state index contributed by atoms with van der Waals surface area (Å²) in [7, 11) is -4.34. The number of para-hydroxylation sites is 1. The van der Waals surface area contributed by atoms with E-state index in [1.54, 1.807) is 30.3 Å². The van der Waals surface area contributed by atoms with Crippen LogP contribution in [-0.4, -0.2) is 18.9 Å². The summed E-state index contributed by atoms with van der Waals surface area (Å²) in [4.78, 5) is 11.4. The molecule has 1 N–H and O–H groups in total. The minimum Gasteiger partial charge on any atom is -1.00 e. The van der Waals surface area contributed by atoms with Gasteiger partial charge in [-0.25, -0.2) is 4.79 Å². The van der Waals surface area contributed by atoms with E-state index in [1.807, 2.05) is 0 Å². The Bertz CT molecular complexity index is 704. The molecule has 5 nitrogen and oxygen atoms in total. The quantitative estimate of drug-likeness (QED) is 0.350. The van der Waals surface area contributed by atoms with Crippen molar-refractivity contribution in [3.8, 4) is 5.75 Å². The molecule has 2 aromatic carbocycles. The van der Waals surface area contributed by atoms with Crippen LogP contribution in [0, 0.1) is 0 Å². The van der Waals surface area contributed by atoms with Crippen molar-refractivity contribution in [2.75, 3.05) is 0 Å². The molecule has 0 aliphatic heterocycles. The Kier molecular flexibility index (Phi) is 5.91. The number of hydrogen-bond acceptors (Lipinski definition) is 4. The zero-order valence-electron chi connectivity index (χ0n) is 11.7. The summed E-state index contributed by atoms with van der Waals surface area (Å²) in [5.74, 6) is -0.346. The van der Waals surface area contributed by atoms with Crippen LogP contribution in [0.3, 0.4) is 0 Å². The van der Waals surface area contributed by atoms with Gasteiger partial charge in [0.05, 0.1) is 10.5 Å². The first-order valence-electron chi connectivity index (χ1n) is 5.31. The Morgan fingerprint density at radius 1 is 1.05 bits per heavy atom. The van der Waals surface area contributed by atoms with Crippen LogP contribution < -0.4 is 34.3 Å². The Morgan fingerprint density at radius 2 is 1.70 bits per heavy atom. The molecule has 0 aromatic heterocycles. The van der Waals surface area contributed by atoms with Crippen molar-refractivity contribution in [2.45, 2.75) is 4.90 Å². The molecule has 0 unspecified atom stereocenters. The maximum Gasteiger partial charge on any atom is 1.00 e. The Hall–Kier alpha value is -1.18. The third-order valence-electron chi connectivity index (χ3n) is 2.32. The van der Waals surface area contributed by atoms with E-state index in [0.29, 0.717) is 5.75 Å². The van der Waals surface area contributed by atoms with Crippen LogP contribution in [0.25, 0.3) is 0 Å². The maximum absolute atomic E-state index is 11.8. The number of carbonyl (C=O) groups is 1. The van der Waals surface area contributed by atoms with Gasteiger partial charge < -0.3 is 6.16 Å². The molecular formula is C13H11NaO5S. The number of hydrogen-bond donors (Lipinski definition) is 1. The molecular weight excluding hydrogens is 291 g/mol. The topological polar surface area (TPSA) is 80.7 Å². The van der Waals surface area contributed by atoms with E-state index < -0.39 is 16.1 Å². The fourth-order valence-corrected chi connectivity index (χ4v) is 1.96. The normalized spacial score (nSPS) is 10.4.